The monoisotopic (exact) mass is 394 g/mol. The molecule has 2 atom stereocenters. The Balaban J connectivity index is 1.49. The Labute approximate surface area is 171 Å². The lowest BCUT2D eigenvalue weighted by Crippen LogP contribution is -2.33. The lowest BCUT2D eigenvalue weighted by Gasteiger charge is -2.25. The van der Waals surface area contributed by atoms with Crippen molar-refractivity contribution in [1.82, 2.24) is 9.80 Å². The third-order valence-corrected chi connectivity index (χ3v) is 5.27. The fourth-order valence-electron chi connectivity index (χ4n) is 3.48. The molecule has 0 bridgehead atoms. The van der Waals surface area contributed by atoms with Gasteiger partial charge in [-0.2, -0.15) is 0 Å². The first-order chi connectivity index (χ1) is 14.0. The number of amides is 2. The van der Waals surface area contributed by atoms with Gasteiger partial charge in [-0.1, -0.05) is 60.7 Å². The van der Waals surface area contributed by atoms with Crippen LogP contribution in [0, 0.1) is 5.92 Å². The van der Waals surface area contributed by atoms with Crippen LogP contribution in [-0.2, 0) is 25.7 Å². The molecule has 6 nitrogen and oxygen atoms in total. The van der Waals surface area contributed by atoms with E-state index in [2.05, 4.69) is 0 Å². The summed E-state index contributed by atoms with van der Waals surface area (Å²) in [6, 6.07) is 19.2. The number of likely N-dealkylation sites (tertiary alicyclic amines) is 1. The van der Waals surface area contributed by atoms with E-state index in [0.29, 0.717) is 13.1 Å². The van der Waals surface area contributed by atoms with Crippen LogP contribution in [0.2, 0.25) is 0 Å². The first kappa shape index (κ1) is 20.6. The summed E-state index contributed by atoms with van der Waals surface area (Å²) in [6.07, 6.45) is 0.115. The van der Waals surface area contributed by atoms with Crippen molar-refractivity contribution in [3.63, 3.8) is 0 Å². The summed E-state index contributed by atoms with van der Waals surface area (Å²) >= 11 is 0. The lowest BCUT2D eigenvalue weighted by atomic mass is 10.1. The van der Waals surface area contributed by atoms with Gasteiger partial charge in [-0.05, 0) is 18.1 Å². The van der Waals surface area contributed by atoms with Crippen LogP contribution < -0.4 is 0 Å². The molecule has 152 valence electrons. The molecule has 0 N–H and O–H groups in total. The maximum atomic E-state index is 12.4. The van der Waals surface area contributed by atoms with Crippen LogP contribution in [0.3, 0.4) is 0 Å². The van der Waals surface area contributed by atoms with E-state index in [1.165, 1.54) is 4.90 Å². The van der Waals surface area contributed by atoms with Crippen molar-refractivity contribution in [2.24, 2.45) is 5.92 Å². The largest absolute Gasteiger partial charge is 0.455 e. The minimum absolute atomic E-state index is 0.0733. The van der Waals surface area contributed by atoms with Gasteiger partial charge in [0.2, 0.25) is 5.91 Å². The van der Waals surface area contributed by atoms with Crippen molar-refractivity contribution in [3.8, 4) is 0 Å². The summed E-state index contributed by atoms with van der Waals surface area (Å²) in [4.78, 5) is 40.3. The molecule has 1 aliphatic rings. The van der Waals surface area contributed by atoms with E-state index in [0.717, 1.165) is 11.1 Å². The molecule has 1 aliphatic heterocycles. The Bertz CT molecular complexity index is 854. The molecule has 0 saturated carbocycles. The molecule has 3 rings (SSSR count). The zero-order valence-corrected chi connectivity index (χ0v) is 16.8. The van der Waals surface area contributed by atoms with Gasteiger partial charge in [0.05, 0.1) is 12.0 Å². The van der Waals surface area contributed by atoms with Gasteiger partial charge < -0.3 is 14.5 Å². The van der Waals surface area contributed by atoms with E-state index in [-0.39, 0.29) is 30.9 Å². The van der Waals surface area contributed by atoms with Crippen LogP contribution in [0.25, 0.3) is 0 Å². The average Bonchev–Trinajstić information content (AvgIpc) is 3.14. The molecular weight excluding hydrogens is 368 g/mol. The Hall–Kier alpha value is -3.15. The van der Waals surface area contributed by atoms with Crippen LogP contribution >= 0.6 is 0 Å². The Morgan fingerprint density at radius 3 is 2.38 bits per heavy atom. The maximum Gasteiger partial charge on any atom is 0.311 e. The minimum Gasteiger partial charge on any atom is -0.455 e. The van der Waals surface area contributed by atoms with Crippen molar-refractivity contribution in [2.75, 3.05) is 20.2 Å². The predicted molar refractivity (Wildman–Crippen MR) is 109 cm³/mol. The van der Waals surface area contributed by atoms with Crippen molar-refractivity contribution >= 4 is 17.8 Å². The summed E-state index contributed by atoms with van der Waals surface area (Å²) < 4.78 is 5.22. The Kier molecular flexibility index (Phi) is 6.65. The molecule has 1 heterocycles. The predicted octanol–water partition coefficient (Wildman–Crippen LogP) is 2.80. The molecule has 2 aromatic rings. The molecule has 0 aliphatic carbocycles. The van der Waals surface area contributed by atoms with E-state index in [1.807, 2.05) is 67.6 Å². The lowest BCUT2D eigenvalue weighted by molar-refractivity contribution is -0.155. The topological polar surface area (TPSA) is 66.9 Å². The fraction of sp³-hybridized carbons (Fsp3) is 0.348. The second kappa shape index (κ2) is 9.37. The maximum absolute atomic E-state index is 12.4. The Morgan fingerprint density at radius 1 is 1.10 bits per heavy atom. The molecule has 1 fully saturated rings. The van der Waals surface area contributed by atoms with E-state index < -0.39 is 11.9 Å². The number of hydrogen-bond donors (Lipinski definition) is 0. The van der Waals surface area contributed by atoms with Gasteiger partial charge in [0.25, 0.3) is 5.91 Å². The highest BCUT2D eigenvalue weighted by molar-refractivity contribution is 5.88. The minimum atomic E-state index is -0.541. The van der Waals surface area contributed by atoms with Crippen molar-refractivity contribution in [3.05, 3.63) is 71.8 Å². The SMILES string of the molecule is C[C@@H](c1ccccc1)N1C[C@H](C(=O)OCC(=O)N(C)Cc2ccccc2)CC1=O. The van der Waals surface area contributed by atoms with Crippen LogP contribution in [0.15, 0.2) is 60.7 Å². The van der Waals surface area contributed by atoms with Crippen LogP contribution in [0.1, 0.15) is 30.5 Å². The number of likely N-dealkylation sites (N-methyl/N-ethyl adjacent to an activating group) is 1. The fourth-order valence-corrected chi connectivity index (χ4v) is 3.48. The van der Waals surface area contributed by atoms with Gasteiger partial charge >= 0.3 is 5.97 Å². The third-order valence-electron chi connectivity index (χ3n) is 5.27. The molecule has 0 spiro atoms. The van der Waals surface area contributed by atoms with Gasteiger partial charge in [0, 0.05) is 26.6 Å². The standard InChI is InChI=1S/C23H26N2O4/c1-17(19-11-7-4-8-12-19)25-15-20(13-21(25)26)23(28)29-16-22(27)24(2)14-18-9-5-3-6-10-18/h3-12,17,20H,13-16H2,1-2H3/t17-,20+/m0/s1. The molecular formula is C23H26N2O4. The molecule has 0 aromatic heterocycles. The number of carbonyl (C=O) groups is 3. The average molecular weight is 394 g/mol. The summed E-state index contributed by atoms with van der Waals surface area (Å²) in [7, 11) is 1.67. The molecule has 2 aromatic carbocycles. The van der Waals surface area contributed by atoms with Crippen LogP contribution in [0.5, 0.6) is 0 Å². The zero-order chi connectivity index (χ0) is 20.8. The summed E-state index contributed by atoms with van der Waals surface area (Å²) in [6.45, 7) is 2.38. The van der Waals surface area contributed by atoms with Crippen molar-refractivity contribution in [1.29, 1.82) is 0 Å². The summed E-state index contributed by atoms with van der Waals surface area (Å²) in [5, 5.41) is 0. The van der Waals surface area contributed by atoms with Crippen LogP contribution in [-0.4, -0.2) is 47.8 Å². The summed E-state index contributed by atoms with van der Waals surface area (Å²) in [5.74, 6) is -1.39. The first-order valence-corrected chi connectivity index (χ1v) is 9.74. The number of ether oxygens (including phenoxy) is 1. The normalized spacial score (nSPS) is 17.1. The number of rotatable bonds is 7. The molecule has 1 saturated heterocycles. The van der Waals surface area contributed by atoms with Crippen molar-refractivity contribution < 1.29 is 19.1 Å². The molecule has 0 radical (unpaired) electrons. The van der Waals surface area contributed by atoms with Gasteiger partial charge in [0.1, 0.15) is 0 Å². The van der Waals surface area contributed by atoms with E-state index in [1.54, 1.807) is 11.9 Å². The number of benzene rings is 2. The molecule has 2 amide bonds. The van der Waals surface area contributed by atoms with E-state index in [4.69, 9.17) is 4.74 Å². The van der Waals surface area contributed by atoms with E-state index >= 15 is 0 Å². The molecule has 29 heavy (non-hydrogen) atoms. The summed E-state index contributed by atoms with van der Waals surface area (Å²) in [5.41, 5.74) is 2.02. The second-order valence-electron chi connectivity index (χ2n) is 7.38. The number of esters is 1. The highest BCUT2D eigenvalue weighted by atomic mass is 16.5. The first-order valence-electron chi connectivity index (χ1n) is 9.74. The Morgan fingerprint density at radius 2 is 1.72 bits per heavy atom. The third kappa shape index (κ3) is 5.22. The molecule has 0 unspecified atom stereocenters. The van der Waals surface area contributed by atoms with E-state index in [9.17, 15) is 14.4 Å². The molecule has 6 heteroatoms. The van der Waals surface area contributed by atoms with Gasteiger partial charge in [-0.15, -0.1) is 0 Å². The smallest absolute Gasteiger partial charge is 0.311 e. The highest BCUT2D eigenvalue weighted by Crippen LogP contribution is 2.29. The quantitative estimate of drug-likeness (QED) is 0.678. The number of carbonyl (C=O) groups excluding carboxylic acids is 3. The van der Waals surface area contributed by atoms with Gasteiger partial charge in [0.15, 0.2) is 6.61 Å². The second-order valence-corrected chi connectivity index (χ2v) is 7.38. The highest BCUT2D eigenvalue weighted by Gasteiger charge is 2.38. The van der Waals surface area contributed by atoms with Crippen LogP contribution in [0.4, 0.5) is 0 Å². The van der Waals surface area contributed by atoms with Gasteiger partial charge in [-0.3, -0.25) is 14.4 Å². The zero-order valence-electron chi connectivity index (χ0n) is 16.8. The van der Waals surface area contributed by atoms with Crippen molar-refractivity contribution in [2.45, 2.75) is 25.9 Å². The number of nitrogens with zero attached hydrogens (tertiary/aromatic N) is 2. The number of hydrogen-bond acceptors (Lipinski definition) is 4. The van der Waals surface area contributed by atoms with Gasteiger partial charge in [-0.25, -0.2) is 0 Å².